The number of carbonyl (C=O) groups excluding carboxylic acids is 1. The predicted octanol–water partition coefficient (Wildman–Crippen LogP) is 4.55. The lowest BCUT2D eigenvalue weighted by Gasteiger charge is -2.36. The molecule has 2 N–H and O–H groups in total. The maximum Gasteiger partial charge on any atom is 0.303 e. The molecule has 1 fully saturated rings. The standard InChI is InChI=1S/C20H23ClN2O3S/c21-16-7-3-2-6-15(16)19-23-14(12-27-19)10-17(24)22-13-20(11-18(25)26)8-4-1-5-9-20/h2-3,6-7,12H,1,4-5,8-11,13H2,(H,22,24)(H,25,26). The van der Waals surface area contributed by atoms with Gasteiger partial charge in [0.05, 0.1) is 23.6 Å². The number of benzene rings is 1. The maximum atomic E-state index is 12.4. The van der Waals surface area contributed by atoms with E-state index >= 15 is 0 Å². The number of carbonyl (C=O) groups is 2. The van der Waals surface area contributed by atoms with Gasteiger partial charge in [-0.05, 0) is 24.3 Å². The van der Waals surface area contributed by atoms with Gasteiger partial charge in [0.1, 0.15) is 5.01 Å². The Morgan fingerprint density at radius 1 is 1.22 bits per heavy atom. The van der Waals surface area contributed by atoms with Gasteiger partial charge in [0.2, 0.25) is 5.91 Å². The molecule has 144 valence electrons. The Morgan fingerprint density at radius 2 is 1.96 bits per heavy atom. The average molecular weight is 407 g/mol. The number of aliphatic carboxylic acids is 1. The molecule has 1 aromatic heterocycles. The number of hydrogen-bond donors (Lipinski definition) is 2. The summed E-state index contributed by atoms with van der Waals surface area (Å²) >= 11 is 7.67. The van der Waals surface area contributed by atoms with Crippen LogP contribution in [0.25, 0.3) is 10.6 Å². The predicted molar refractivity (Wildman–Crippen MR) is 107 cm³/mol. The van der Waals surface area contributed by atoms with Gasteiger partial charge >= 0.3 is 5.97 Å². The number of rotatable bonds is 7. The Labute approximate surface area is 167 Å². The number of carboxylic acid groups (broad SMARTS) is 1. The number of thiazole rings is 1. The van der Waals surface area contributed by atoms with Crippen molar-refractivity contribution in [2.75, 3.05) is 6.54 Å². The summed E-state index contributed by atoms with van der Waals surface area (Å²) in [6.45, 7) is 0.416. The Hall–Kier alpha value is -1.92. The van der Waals surface area contributed by atoms with Crippen LogP contribution in [0, 0.1) is 5.41 Å². The van der Waals surface area contributed by atoms with Crippen molar-refractivity contribution in [3.63, 3.8) is 0 Å². The molecule has 7 heteroatoms. The number of nitrogens with zero attached hydrogens (tertiary/aromatic N) is 1. The van der Waals surface area contributed by atoms with Gasteiger partial charge in [0.15, 0.2) is 0 Å². The van der Waals surface area contributed by atoms with E-state index in [-0.39, 0.29) is 24.2 Å². The minimum Gasteiger partial charge on any atom is -0.481 e. The van der Waals surface area contributed by atoms with Crippen molar-refractivity contribution >= 4 is 34.8 Å². The van der Waals surface area contributed by atoms with Gasteiger partial charge in [-0.15, -0.1) is 11.3 Å². The molecule has 1 amide bonds. The van der Waals surface area contributed by atoms with Crippen LogP contribution in [0.1, 0.15) is 44.2 Å². The number of hydrogen-bond acceptors (Lipinski definition) is 4. The Bertz CT molecular complexity index is 815. The molecule has 0 unspecified atom stereocenters. The molecular weight excluding hydrogens is 384 g/mol. The minimum absolute atomic E-state index is 0.112. The van der Waals surface area contributed by atoms with Gasteiger partial charge in [0, 0.05) is 17.5 Å². The van der Waals surface area contributed by atoms with Gasteiger partial charge in [0.25, 0.3) is 0 Å². The highest BCUT2D eigenvalue weighted by Crippen LogP contribution is 2.38. The van der Waals surface area contributed by atoms with E-state index in [2.05, 4.69) is 10.3 Å². The molecule has 0 bridgehead atoms. The SMILES string of the molecule is O=C(O)CC1(CNC(=O)Cc2csc(-c3ccccc3Cl)n2)CCCCC1. The van der Waals surface area contributed by atoms with Crippen LogP contribution in [-0.4, -0.2) is 28.5 Å². The van der Waals surface area contributed by atoms with Crippen molar-refractivity contribution in [2.24, 2.45) is 5.41 Å². The normalized spacial score (nSPS) is 16.0. The molecule has 0 aliphatic heterocycles. The van der Waals surface area contributed by atoms with Gasteiger partial charge < -0.3 is 10.4 Å². The van der Waals surface area contributed by atoms with Crippen molar-refractivity contribution in [3.8, 4) is 10.6 Å². The molecule has 5 nitrogen and oxygen atoms in total. The zero-order chi connectivity index (χ0) is 19.3. The van der Waals surface area contributed by atoms with Crippen molar-refractivity contribution in [1.82, 2.24) is 10.3 Å². The monoisotopic (exact) mass is 406 g/mol. The third-order valence-corrected chi connectivity index (χ3v) is 6.35. The van der Waals surface area contributed by atoms with Crippen LogP contribution < -0.4 is 5.32 Å². The summed E-state index contributed by atoms with van der Waals surface area (Å²) in [5.41, 5.74) is 1.24. The maximum absolute atomic E-state index is 12.4. The van der Waals surface area contributed by atoms with E-state index in [0.717, 1.165) is 42.7 Å². The van der Waals surface area contributed by atoms with Crippen LogP contribution in [0.4, 0.5) is 0 Å². The molecule has 1 aliphatic rings. The topological polar surface area (TPSA) is 79.3 Å². The molecule has 1 saturated carbocycles. The van der Waals surface area contributed by atoms with Crippen molar-refractivity contribution in [1.29, 1.82) is 0 Å². The molecule has 1 aliphatic carbocycles. The van der Waals surface area contributed by atoms with E-state index in [9.17, 15) is 14.7 Å². The van der Waals surface area contributed by atoms with E-state index in [1.165, 1.54) is 11.3 Å². The third kappa shape index (κ3) is 5.30. The first-order chi connectivity index (χ1) is 13.0. The summed E-state index contributed by atoms with van der Waals surface area (Å²) in [6.07, 6.45) is 5.19. The van der Waals surface area contributed by atoms with Gasteiger partial charge in [-0.3, -0.25) is 9.59 Å². The molecule has 0 atom stereocenters. The molecule has 3 rings (SSSR count). The quantitative estimate of drug-likeness (QED) is 0.707. The molecule has 0 spiro atoms. The number of carboxylic acids is 1. The van der Waals surface area contributed by atoms with E-state index in [1.54, 1.807) is 0 Å². The fraction of sp³-hybridized carbons (Fsp3) is 0.450. The second-order valence-corrected chi connectivity index (χ2v) is 8.47. The summed E-state index contributed by atoms with van der Waals surface area (Å²) in [6, 6.07) is 7.49. The van der Waals surface area contributed by atoms with Crippen LogP contribution in [0.2, 0.25) is 5.02 Å². The first kappa shape index (κ1) is 19.8. The van der Waals surface area contributed by atoms with Crippen LogP contribution in [-0.2, 0) is 16.0 Å². The van der Waals surface area contributed by atoms with Gasteiger partial charge in [-0.1, -0.05) is 49.1 Å². The average Bonchev–Trinajstić information content (AvgIpc) is 3.09. The lowest BCUT2D eigenvalue weighted by atomic mass is 9.71. The molecule has 1 aromatic carbocycles. The fourth-order valence-electron chi connectivity index (χ4n) is 3.70. The summed E-state index contributed by atoms with van der Waals surface area (Å²) in [4.78, 5) is 28.1. The highest BCUT2D eigenvalue weighted by Gasteiger charge is 2.34. The lowest BCUT2D eigenvalue weighted by Crippen LogP contribution is -2.41. The number of amides is 1. The summed E-state index contributed by atoms with van der Waals surface area (Å²) in [5.74, 6) is -0.920. The number of halogens is 1. The van der Waals surface area contributed by atoms with E-state index < -0.39 is 5.97 Å². The smallest absolute Gasteiger partial charge is 0.303 e. The second-order valence-electron chi connectivity index (χ2n) is 7.21. The lowest BCUT2D eigenvalue weighted by molar-refractivity contribution is -0.140. The van der Waals surface area contributed by atoms with Crippen LogP contribution in [0.15, 0.2) is 29.6 Å². The zero-order valence-corrected chi connectivity index (χ0v) is 16.6. The van der Waals surface area contributed by atoms with Gasteiger partial charge in [-0.2, -0.15) is 0 Å². The van der Waals surface area contributed by atoms with Crippen molar-refractivity contribution in [3.05, 3.63) is 40.4 Å². The van der Waals surface area contributed by atoms with E-state index in [1.807, 2.05) is 29.6 Å². The molecular formula is C20H23ClN2O3S. The molecule has 1 heterocycles. The van der Waals surface area contributed by atoms with E-state index in [4.69, 9.17) is 11.6 Å². The first-order valence-corrected chi connectivity index (χ1v) is 10.4. The Balaban J connectivity index is 1.59. The second kappa shape index (κ2) is 8.85. The molecule has 0 saturated heterocycles. The minimum atomic E-state index is -0.796. The van der Waals surface area contributed by atoms with Gasteiger partial charge in [-0.25, -0.2) is 4.98 Å². The van der Waals surface area contributed by atoms with Crippen LogP contribution >= 0.6 is 22.9 Å². The largest absolute Gasteiger partial charge is 0.481 e. The molecule has 0 radical (unpaired) electrons. The fourth-order valence-corrected chi connectivity index (χ4v) is 4.84. The Morgan fingerprint density at radius 3 is 2.67 bits per heavy atom. The first-order valence-electron chi connectivity index (χ1n) is 9.15. The van der Waals surface area contributed by atoms with Crippen LogP contribution in [0.3, 0.4) is 0 Å². The summed E-state index contributed by atoms with van der Waals surface area (Å²) in [7, 11) is 0. The highest BCUT2D eigenvalue weighted by atomic mass is 35.5. The highest BCUT2D eigenvalue weighted by molar-refractivity contribution is 7.13. The van der Waals surface area contributed by atoms with E-state index in [0.29, 0.717) is 17.3 Å². The number of nitrogens with one attached hydrogen (secondary N) is 1. The summed E-state index contributed by atoms with van der Waals surface area (Å²) < 4.78 is 0. The van der Waals surface area contributed by atoms with Crippen molar-refractivity contribution in [2.45, 2.75) is 44.9 Å². The van der Waals surface area contributed by atoms with Crippen molar-refractivity contribution < 1.29 is 14.7 Å². The zero-order valence-electron chi connectivity index (χ0n) is 15.0. The third-order valence-electron chi connectivity index (χ3n) is 5.10. The Kier molecular flexibility index (Phi) is 6.50. The number of aromatic nitrogens is 1. The molecule has 27 heavy (non-hydrogen) atoms. The van der Waals surface area contributed by atoms with Crippen LogP contribution in [0.5, 0.6) is 0 Å². The molecule has 2 aromatic rings. The summed E-state index contributed by atoms with van der Waals surface area (Å²) in [5, 5.41) is 15.5.